The van der Waals surface area contributed by atoms with Crippen molar-refractivity contribution < 1.29 is 9.53 Å². The number of para-hydroxylation sites is 2. The number of ether oxygens (including phenoxy) is 1. The van der Waals surface area contributed by atoms with Gasteiger partial charge in [0.2, 0.25) is 0 Å². The van der Waals surface area contributed by atoms with E-state index in [1.807, 2.05) is 61.5 Å². The van der Waals surface area contributed by atoms with Gasteiger partial charge in [-0.15, -0.1) is 0 Å². The largest absolute Gasteiger partial charge is 0.481 e. The summed E-state index contributed by atoms with van der Waals surface area (Å²) in [7, 11) is 0. The standard InChI is InChI=1S/C16H17NO2/c1-12-8-6-7-11-15(12)17-16(18)13(2)19-14-9-4-3-5-10-14/h3-11,13H,1-2H3,(H,17,18). The lowest BCUT2D eigenvalue weighted by molar-refractivity contribution is -0.122. The molecule has 2 aromatic rings. The van der Waals surface area contributed by atoms with Gasteiger partial charge in [0.25, 0.3) is 5.91 Å². The molecule has 1 amide bonds. The van der Waals surface area contributed by atoms with Gasteiger partial charge in [0.15, 0.2) is 6.10 Å². The van der Waals surface area contributed by atoms with Gasteiger partial charge in [-0.3, -0.25) is 4.79 Å². The Labute approximate surface area is 113 Å². The van der Waals surface area contributed by atoms with E-state index in [1.165, 1.54) is 0 Å². The summed E-state index contributed by atoms with van der Waals surface area (Å²) in [5.74, 6) is 0.535. The Morgan fingerprint density at radius 1 is 1.05 bits per heavy atom. The van der Waals surface area contributed by atoms with Gasteiger partial charge in [0.1, 0.15) is 5.75 Å². The minimum absolute atomic E-state index is 0.154. The first-order valence-electron chi connectivity index (χ1n) is 6.25. The second kappa shape index (κ2) is 6.05. The van der Waals surface area contributed by atoms with Crippen LogP contribution in [0.2, 0.25) is 0 Å². The number of carbonyl (C=O) groups is 1. The summed E-state index contributed by atoms with van der Waals surface area (Å²) < 4.78 is 5.58. The molecule has 3 heteroatoms. The molecule has 0 aliphatic rings. The third kappa shape index (κ3) is 3.58. The summed E-state index contributed by atoms with van der Waals surface area (Å²) in [5, 5.41) is 2.87. The maximum atomic E-state index is 12.0. The van der Waals surface area contributed by atoms with Crippen molar-refractivity contribution in [3.63, 3.8) is 0 Å². The normalized spacial score (nSPS) is 11.7. The van der Waals surface area contributed by atoms with Gasteiger partial charge in [-0.25, -0.2) is 0 Å². The third-order valence-corrected chi connectivity index (χ3v) is 2.83. The topological polar surface area (TPSA) is 38.3 Å². The Balaban J connectivity index is 1.99. The fraction of sp³-hybridized carbons (Fsp3) is 0.188. The van der Waals surface area contributed by atoms with Crippen LogP contribution in [0.4, 0.5) is 5.69 Å². The zero-order valence-electron chi connectivity index (χ0n) is 11.1. The zero-order valence-corrected chi connectivity index (χ0v) is 11.1. The number of nitrogens with one attached hydrogen (secondary N) is 1. The third-order valence-electron chi connectivity index (χ3n) is 2.83. The lowest BCUT2D eigenvalue weighted by Crippen LogP contribution is -2.30. The average molecular weight is 255 g/mol. The molecule has 0 spiro atoms. The maximum absolute atomic E-state index is 12.0. The first-order chi connectivity index (χ1) is 9.16. The summed E-state index contributed by atoms with van der Waals surface area (Å²) in [6, 6.07) is 17.0. The van der Waals surface area contributed by atoms with Crippen molar-refractivity contribution in [3.05, 3.63) is 60.2 Å². The van der Waals surface area contributed by atoms with E-state index < -0.39 is 6.10 Å². The molecular weight excluding hydrogens is 238 g/mol. The van der Waals surface area contributed by atoms with E-state index >= 15 is 0 Å². The van der Waals surface area contributed by atoms with Crippen molar-refractivity contribution >= 4 is 11.6 Å². The van der Waals surface area contributed by atoms with Crippen molar-refractivity contribution in [2.45, 2.75) is 20.0 Å². The Bertz CT molecular complexity index is 552. The molecule has 19 heavy (non-hydrogen) atoms. The molecule has 0 saturated carbocycles. The van der Waals surface area contributed by atoms with Crippen LogP contribution in [0.3, 0.4) is 0 Å². The quantitative estimate of drug-likeness (QED) is 0.909. The van der Waals surface area contributed by atoms with Gasteiger partial charge >= 0.3 is 0 Å². The predicted octanol–water partition coefficient (Wildman–Crippen LogP) is 3.40. The number of benzene rings is 2. The van der Waals surface area contributed by atoms with Gasteiger partial charge in [-0.05, 0) is 37.6 Å². The Morgan fingerprint density at radius 2 is 1.68 bits per heavy atom. The molecule has 1 unspecified atom stereocenters. The van der Waals surface area contributed by atoms with Crippen LogP contribution in [0.5, 0.6) is 5.75 Å². The first kappa shape index (κ1) is 13.1. The van der Waals surface area contributed by atoms with E-state index in [0.717, 1.165) is 11.3 Å². The second-order valence-electron chi connectivity index (χ2n) is 4.38. The molecule has 2 rings (SSSR count). The van der Waals surface area contributed by atoms with Crippen LogP contribution in [-0.4, -0.2) is 12.0 Å². The van der Waals surface area contributed by atoms with Crippen LogP contribution >= 0.6 is 0 Å². The van der Waals surface area contributed by atoms with Crippen LogP contribution in [0, 0.1) is 6.92 Å². The van der Waals surface area contributed by atoms with Gasteiger partial charge in [0.05, 0.1) is 0 Å². The summed E-state index contributed by atoms with van der Waals surface area (Å²) >= 11 is 0. The number of hydrogen-bond acceptors (Lipinski definition) is 2. The molecule has 98 valence electrons. The second-order valence-corrected chi connectivity index (χ2v) is 4.38. The number of rotatable bonds is 4. The van der Waals surface area contributed by atoms with Crippen molar-refractivity contribution in [2.24, 2.45) is 0 Å². The molecule has 0 radical (unpaired) electrons. The maximum Gasteiger partial charge on any atom is 0.265 e. The molecule has 0 bridgehead atoms. The minimum Gasteiger partial charge on any atom is -0.481 e. The minimum atomic E-state index is -0.540. The number of amides is 1. The van der Waals surface area contributed by atoms with Gasteiger partial charge in [-0.2, -0.15) is 0 Å². The predicted molar refractivity (Wildman–Crippen MR) is 76.3 cm³/mol. The van der Waals surface area contributed by atoms with E-state index in [-0.39, 0.29) is 5.91 Å². The monoisotopic (exact) mass is 255 g/mol. The van der Waals surface area contributed by atoms with Crippen LogP contribution in [0.25, 0.3) is 0 Å². The van der Waals surface area contributed by atoms with Crippen LogP contribution in [0.15, 0.2) is 54.6 Å². The summed E-state index contributed by atoms with van der Waals surface area (Å²) in [5.41, 5.74) is 1.85. The van der Waals surface area contributed by atoms with Gasteiger partial charge in [0, 0.05) is 5.69 Å². The van der Waals surface area contributed by atoms with E-state index in [4.69, 9.17) is 4.74 Å². The van der Waals surface area contributed by atoms with Crippen molar-refractivity contribution in [3.8, 4) is 5.75 Å². The molecule has 0 saturated heterocycles. The zero-order chi connectivity index (χ0) is 13.7. The summed E-state index contributed by atoms with van der Waals surface area (Å²) in [6.07, 6.45) is -0.540. The Hall–Kier alpha value is -2.29. The highest BCUT2D eigenvalue weighted by molar-refractivity contribution is 5.94. The molecule has 0 aliphatic carbocycles. The van der Waals surface area contributed by atoms with Crippen LogP contribution in [0.1, 0.15) is 12.5 Å². The highest BCUT2D eigenvalue weighted by Crippen LogP contribution is 2.15. The van der Waals surface area contributed by atoms with Crippen molar-refractivity contribution in [1.29, 1.82) is 0 Å². The fourth-order valence-electron chi connectivity index (χ4n) is 1.70. The lowest BCUT2D eigenvalue weighted by Gasteiger charge is -2.15. The SMILES string of the molecule is Cc1ccccc1NC(=O)C(C)Oc1ccccc1. The number of aryl methyl sites for hydroxylation is 1. The average Bonchev–Trinajstić information content (AvgIpc) is 2.42. The summed E-state index contributed by atoms with van der Waals surface area (Å²) in [4.78, 5) is 12.0. The van der Waals surface area contributed by atoms with E-state index in [2.05, 4.69) is 5.32 Å². The van der Waals surface area contributed by atoms with E-state index in [1.54, 1.807) is 6.92 Å². The highest BCUT2D eigenvalue weighted by atomic mass is 16.5. The van der Waals surface area contributed by atoms with Crippen molar-refractivity contribution in [1.82, 2.24) is 0 Å². The Morgan fingerprint density at radius 3 is 2.37 bits per heavy atom. The molecule has 1 atom stereocenters. The van der Waals surface area contributed by atoms with E-state index in [9.17, 15) is 4.79 Å². The molecule has 3 nitrogen and oxygen atoms in total. The molecule has 0 aromatic heterocycles. The van der Waals surface area contributed by atoms with Gasteiger partial charge in [-0.1, -0.05) is 36.4 Å². The molecule has 2 aromatic carbocycles. The van der Waals surface area contributed by atoms with Crippen LogP contribution < -0.4 is 10.1 Å². The number of hydrogen-bond donors (Lipinski definition) is 1. The van der Waals surface area contributed by atoms with Crippen LogP contribution in [-0.2, 0) is 4.79 Å². The molecule has 0 aliphatic heterocycles. The highest BCUT2D eigenvalue weighted by Gasteiger charge is 2.15. The fourth-order valence-corrected chi connectivity index (χ4v) is 1.70. The molecule has 0 fully saturated rings. The number of carbonyl (C=O) groups excluding carboxylic acids is 1. The van der Waals surface area contributed by atoms with Gasteiger partial charge < -0.3 is 10.1 Å². The Kier molecular flexibility index (Phi) is 4.18. The smallest absolute Gasteiger partial charge is 0.265 e. The number of anilines is 1. The summed E-state index contributed by atoms with van der Waals surface area (Å²) in [6.45, 7) is 3.69. The van der Waals surface area contributed by atoms with E-state index in [0.29, 0.717) is 5.75 Å². The molecular formula is C16H17NO2. The first-order valence-corrected chi connectivity index (χ1v) is 6.25. The lowest BCUT2D eigenvalue weighted by atomic mass is 10.2. The molecule has 1 N–H and O–H groups in total. The van der Waals surface area contributed by atoms with Crippen molar-refractivity contribution in [2.75, 3.05) is 5.32 Å². The molecule has 0 heterocycles.